The van der Waals surface area contributed by atoms with Crippen molar-refractivity contribution in [3.63, 3.8) is 0 Å². The van der Waals surface area contributed by atoms with Crippen molar-refractivity contribution in [2.75, 3.05) is 6.61 Å². The largest absolute Gasteiger partial charge is 0.392 e. The number of benzene rings is 1. The van der Waals surface area contributed by atoms with Gasteiger partial charge in [0.2, 0.25) is 0 Å². The molecule has 0 fully saturated rings. The van der Waals surface area contributed by atoms with Crippen LogP contribution in [0.3, 0.4) is 0 Å². The molecular weight excluding hydrogens is 240 g/mol. The van der Waals surface area contributed by atoms with Crippen molar-refractivity contribution in [2.45, 2.75) is 32.7 Å². The van der Waals surface area contributed by atoms with E-state index in [4.69, 9.17) is 4.74 Å². The number of aliphatic hydroxyl groups excluding tert-OH is 2. The molecular formula is C16H24O3. The van der Waals surface area contributed by atoms with Gasteiger partial charge in [-0.25, -0.2) is 0 Å². The number of hydrogen-bond donors (Lipinski definition) is 2. The zero-order chi connectivity index (χ0) is 14.3. The molecule has 3 nitrogen and oxygen atoms in total. The summed E-state index contributed by atoms with van der Waals surface area (Å²) in [5.74, 6) is -0.277. The minimum Gasteiger partial charge on any atom is -0.392 e. The van der Waals surface area contributed by atoms with Gasteiger partial charge in [0.15, 0.2) is 0 Å². The standard InChI is InChI=1S/C16H24O3/c1-4-15(17)13(3)16(18)12(2)10-19-11-14-8-6-5-7-9-14/h4-9,12-13,15-18H,1,10-11H2,2-3H3/t12-,13+,15-,16-/m1/s1. The van der Waals surface area contributed by atoms with Crippen molar-refractivity contribution in [3.05, 3.63) is 48.6 Å². The molecule has 0 aliphatic rings. The van der Waals surface area contributed by atoms with E-state index in [1.54, 1.807) is 0 Å². The highest BCUT2D eigenvalue weighted by Gasteiger charge is 2.25. The predicted octanol–water partition coefficient (Wildman–Crippen LogP) is 2.38. The summed E-state index contributed by atoms with van der Waals surface area (Å²) in [6.45, 7) is 8.26. The van der Waals surface area contributed by atoms with Crippen LogP contribution in [0.15, 0.2) is 43.0 Å². The zero-order valence-corrected chi connectivity index (χ0v) is 11.7. The second-order valence-corrected chi connectivity index (χ2v) is 5.05. The lowest BCUT2D eigenvalue weighted by Crippen LogP contribution is -2.35. The van der Waals surface area contributed by atoms with Crippen molar-refractivity contribution in [2.24, 2.45) is 11.8 Å². The third kappa shape index (κ3) is 5.15. The van der Waals surface area contributed by atoms with E-state index in [-0.39, 0.29) is 11.8 Å². The van der Waals surface area contributed by atoms with Crippen LogP contribution in [-0.2, 0) is 11.3 Å². The molecule has 0 unspecified atom stereocenters. The maximum Gasteiger partial charge on any atom is 0.0768 e. The van der Waals surface area contributed by atoms with E-state index >= 15 is 0 Å². The molecule has 19 heavy (non-hydrogen) atoms. The molecule has 3 heteroatoms. The van der Waals surface area contributed by atoms with Crippen molar-refractivity contribution >= 4 is 0 Å². The quantitative estimate of drug-likeness (QED) is 0.709. The van der Waals surface area contributed by atoms with E-state index in [1.807, 2.05) is 44.2 Å². The molecule has 0 radical (unpaired) electrons. The molecule has 1 rings (SSSR count). The second-order valence-electron chi connectivity index (χ2n) is 5.05. The highest BCUT2D eigenvalue weighted by molar-refractivity contribution is 5.13. The Morgan fingerprint density at radius 3 is 2.42 bits per heavy atom. The van der Waals surface area contributed by atoms with E-state index in [2.05, 4.69) is 6.58 Å². The van der Waals surface area contributed by atoms with E-state index in [0.717, 1.165) is 5.56 Å². The molecule has 0 amide bonds. The molecule has 0 aliphatic heterocycles. The Hall–Kier alpha value is -1.16. The van der Waals surface area contributed by atoms with Gasteiger partial charge in [0.25, 0.3) is 0 Å². The lowest BCUT2D eigenvalue weighted by atomic mass is 9.90. The summed E-state index contributed by atoms with van der Waals surface area (Å²) < 4.78 is 5.60. The van der Waals surface area contributed by atoms with Gasteiger partial charge in [0.1, 0.15) is 0 Å². The molecule has 0 aliphatic carbocycles. The Morgan fingerprint density at radius 2 is 1.84 bits per heavy atom. The summed E-state index contributed by atoms with van der Waals surface area (Å²) >= 11 is 0. The number of rotatable bonds is 8. The van der Waals surface area contributed by atoms with Crippen molar-refractivity contribution in [3.8, 4) is 0 Å². The fraction of sp³-hybridized carbons (Fsp3) is 0.500. The van der Waals surface area contributed by atoms with E-state index < -0.39 is 12.2 Å². The number of ether oxygens (including phenoxy) is 1. The van der Waals surface area contributed by atoms with Gasteiger partial charge >= 0.3 is 0 Å². The first-order valence-electron chi connectivity index (χ1n) is 6.66. The first kappa shape index (κ1) is 15.9. The summed E-state index contributed by atoms with van der Waals surface area (Å²) in [5.41, 5.74) is 1.11. The summed E-state index contributed by atoms with van der Waals surface area (Å²) in [6, 6.07) is 9.92. The Labute approximate surface area is 115 Å². The fourth-order valence-corrected chi connectivity index (χ4v) is 1.97. The van der Waals surface area contributed by atoms with Gasteiger partial charge in [-0.05, 0) is 5.56 Å². The van der Waals surface area contributed by atoms with E-state index in [0.29, 0.717) is 13.2 Å². The van der Waals surface area contributed by atoms with Crippen LogP contribution in [0.4, 0.5) is 0 Å². The van der Waals surface area contributed by atoms with Gasteiger partial charge in [0.05, 0.1) is 25.4 Å². The zero-order valence-electron chi connectivity index (χ0n) is 11.7. The Morgan fingerprint density at radius 1 is 1.21 bits per heavy atom. The van der Waals surface area contributed by atoms with E-state index in [9.17, 15) is 10.2 Å². The van der Waals surface area contributed by atoms with Crippen LogP contribution in [0, 0.1) is 11.8 Å². The molecule has 0 saturated heterocycles. The highest BCUT2D eigenvalue weighted by Crippen LogP contribution is 2.18. The van der Waals surface area contributed by atoms with Gasteiger partial charge in [-0.15, -0.1) is 6.58 Å². The Balaban J connectivity index is 2.34. The summed E-state index contributed by atoms with van der Waals surface area (Å²) in [4.78, 5) is 0. The Kier molecular flexibility index (Phi) is 6.78. The lowest BCUT2D eigenvalue weighted by molar-refractivity contribution is -0.0229. The van der Waals surface area contributed by atoms with Crippen LogP contribution >= 0.6 is 0 Å². The molecule has 106 valence electrons. The molecule has 4 atom stereocenters. The first-order valence-corrected chi connectivity index (χ1v) is 6.66. The average Bonchev–Trinajstić information content (AvgIpc) is 2.45. The summed E-state index contributed by atoms with van der Waals surface area (Å²) in [6.07, 6.45) is 0.154. The van der Waals surface area contributed by atoms with Crippen LogP contribution in [-0.4, -0.2) is 29.0 Å². The fourth-order valence-electron chi connectivity index (χ4n) is 1.97. The molecule has 1 aromatic carbocycles. The topological polar surface area (TPSA) is 49.7 Å². The minimum absolute atomic E-state index is 0.0340. The average molecular weight is 264 g/mol. The number of aliphatic hydroxyl groups is 2. The van der Waals surface area contributed by atoms with Crippen LogP contribution in [0.1, 0.15) is 19.4 Å². The normalized spacial score (nSPS) is 17.5. The van der Waals surface area contributed by atoms with Crippen LogP contribution in [0.25, 0.3) is 0 Å². The first-order chi connectivity index (χ1) is 9.06. The maximum atomic E-state index is 10.1. The molecule has 0 aromatic heterocycles. The van der Waals surface area contributed by atoms with Crippen LogP contribution in [0.5, 0.6) is 0 Å². The predicted molar refractivity (Wildman–Crippen MR) is 76.6 cm³/mol. The molecule has 2 N–H and O–H groups in total. The van der Waals surface area contributed by atoms with Gasteiger partial charge < -0.3 is 14.9 Å². The minimum atomic E-state index is -0.688. The van der Waals surface area contributed by atoms with E-state index in [1.165, 1.54) is 6.08 Å². The smallest absolute Gasteiger partial charge is 0.0768 e. The molecule has 0 saturated carbocycles. The highest BCUT2D eigenvalue weighted by atomic mass is 16.5. The van der Waals surface area contributed by atoms with Gasteiger partial charge in [-0.2, -0.15) is 0 Å². The lowest BCUT2D eigenvalue weighted by Gasteiger charge is -2.27. The third-order valence-electron chi connectivity index (χ3n) is 3.39. The Bertz CT molecular complexity index is 364. The van der Waals surface area contributed by atoms with Gasteiger partial charge in [-0.3, -0.25) is 0 Å². The third-order valence-corrected chi connectivity index (χ3v) is 3.39. The van der Waals surface area contributed by atoms with Crippen LogP contribution in [0.2, 0.25) is 0 Å². The molecule has 0 spiro atoms. The van der Waals surface area contributed by atoms with Crippen LogP contribution < -0.4 is 0 Å². The van der Waals surface area contributed by atoms with Crippen molar-refractivity contribution in [1.29, 1.82) is 0 Å². The molecule has 1 aromatic rings. The monoisotopic (exact) mass is 264 g/mol. The second kappa shape index (κ2) is 8.10. The van der Waals surface area contributed by atoms with Crippen molar-refractivity contribution in [1.82, 2.24) is 0 Å². The summed E-state index contributed by atoms with van der Waals surface area (Å²) in [5, 5.41) is 19.7. The molecule has 0 heterocycles. The number of hydrogen-bond acceptors (Lipinski definition) is 3. The van der Waals surface area contributed by atoms with Crippen molar-refractivity contribution < 1.29 is 14.9 Å². The summed E-state index contributed by atoms with van der Waals surface area (Å²) in [7, 11) is 0. The SMILES string of the molecule is C=C[C@@H](O)[C@H](C)[C@H](O)[C@H](C)COCc1ccccc1. The molecule has 0 bridgehead atoms. The van der Waals surface area contributed by atoms with Gasteiger partial charge in [0, 0.05) is 11.8 Å². The van der Waals surface area contributed by atoms with Gasteiger partial charge in [-0.1, -0.05) is 50.3 Å². The maximum absolute atomic E-state index is 10.1.